The Morgan fingerprint density at radius 3 is 2.65 bits per heavy atom. The molecular weight excluding hydrogens is 224 g/mol. The molecule has 1 aromatic heterocycles. The van der Waals surface area contributed by atoms with Gasteiger partial charge in [0.25, 0.3) is 0 Å². The highest BCUT2D eigenvalue weighted by Gasteiger charge is 1.99. The maximum atomic E-state index is 2.28. The van der Waals surface area contributed by atoms with E-state index in [1.54, 1.807) is 0 Å². The molecule has 0 radical (unpaired) electrons. The lowest BCUT2D eigenvalue weighted by atomic mass is 10.1. The quantitative estimate of drug-likeness (QED) is 0.714. The first-order chi connectivity index (χ1) is 8.11. The van der Waals surface area contributed by atoms with E-state index in [0.29, 0.717) is 0 Å². The summed E-state index contributed by atoms with van der Waals surface area (Å²) in [5.74, 6) is 0. The fourth-order valence-corrected chi connectivity index (χ4v) is 3.04. The average Bonchev–Trinajstić information content (AvgIpc) is 2.63. The van der Waals surface area contributed by atoms with E-state index in [0.717, 1.165) is 0 Å². The Bertz CT molecular complexity index is 680. The van der Waals surface area contributed by atoms with Crippen LogP contribution in [0, 0.1) is 6.92 Å². The van der Waals surface area contributed by atoms with Gasteiger partial charge < -0.3 is 0 Å². The molecule has 0 bridgehead atoms. The summed E-state index contributed by atoms with van der Waals surface area (Å²) >= 11 is 1.87. The summed E-state index contributed by atoms with van der Waals surface area (Å²) in [6.07, 6.45) is 6.62. The van der Waals surface area contributed by atoms with Crippen LogP contribution in [-0.4, -0.2) is 0 Å². The Morgan fingerprint density at radius 2 is 2.00 bits per heavy atom. The zero-order chi connectivity index (χ0) is 12.4. The first-order valence-corrected chi connectivity index (χ1v) is 6.74. The second-order valence-corrected chi connectivity index (χ2v) is 5.66. The molecular formula is C16H18S. The minimum atomic E-state index is 1.33. The molecule has 2 rings (SSSR count). The fourth-order valence-electron chi connectivity index (χ4n) is 1.91. The Labute approximate surface area is 107 Å². The van der Waals surface area contributed by atoms with Gasteiger partial charge in [-0.1, -0.05) is 29.4 Å². The first-order valence-electron chi connectivity index (χ1n) is 5.92. The van der Waals surface area contributed by atoms with Crippen molar-refractivity contribution in [3.05, 3.63) is 45.2 Å². The maximum Gasteiger partial charge on any atom is 0.0355 e. The van der Waals surface area contributed by atoms with Gasteiger partial charge in [0.2, 0.25) is 0 Å². The molecule has 0 atom stereocenters. The molecule has 0 saturated heterocycles. The molecule has 0 N–H and O–H groups in total. The average molecular weight is 242 g/mol. The highest BCUT2D eigenvalue weighted by molar-refractivity contribution is 7.17. The van der Waals surface area contributed by atoms with Gasteiger partial charge in [0, 0.05) is 14.6 Å². The van der Waals surface area contributed by atoms with E-state index in [9.17, 15) is 0 Å². The van der Waals surface area contributed by atoms with E-state index in [-0.39, 0.29) is 0 Å². The molecule has 0 nitrogen and oxygen atoms in total. The number of fused-ring (bicyclic) bond motifs is 1. The van der Waals surface area contributed by atoms with Gasteiger partial charge in [-0.3, -0.25) is 0 Å². The number of allylic oxidation sites excluding steroid dienone is 2. The predicted molar refractivity (Wildman–Crippen MR) is 79.8 cm³/mol. The summed E-state index contributed by atoms with van der Waals surface area (Å²) < 4.78 is 2.73. The van der Waals surface area contributed by atoms with Gasteiger partial charge in [-0.2, -0.15) is 0 Å². The van der Waals surface area contributed by atoms with Gasteiger partial charge >= 0.3 is 0 Å². The Kier molecular flexibility index (Phi) is 3.49. The van der Waals surface area contributed by atoms with Crippen molar-refractivity contribution >= 4 is 33.6 Å². The van der Waals surface area contributed by atoms with E-state index in [1.165, 1.54) is 31.0 Å². The number of hydrogen-bond acceptors (Lipinski definition) is 1. The van der Waals surface area contributed by atoms with Gasteiger partial charge in [0.05, 0.1) is 0 Å². The molecule has 88 valence electrons. The lowest BCUT2D eigenvalue weighted by molar-refractivity contribution is 1.40. The highest BCUT2D eigenvalue weighted by Crippen LogP contribution is 2.14. The van der Waals surface area contributed by atoms with Gasteiger partial charge in [0.15, 0.2) is 0 Å². The molecule has 0 saturated carbocycles. The van der Waals surface area contributed by atoms with Crippen LogP contribution in [0.1, 0.15) is 26.3 Å². The molecule has 2 aromatic rings. The second-order valence-electron chi connectivity index (χ2n) is 4.58. The molecule has 0 aliphatic carbocycles. The summed E-state index contributed by atoms with van der Waals surface area (Å²) in [5.41, 5.74) is 2.66. The van der Waals surface area contributed by atoms with Crippen LogP contribution in [0.2, 0.25) is 0 Å². The number of benzene rings is 1. The van der Waals surface area contributed by atoms with Crippen LogP contribution in [0.15, 0.2) is 29.8 Å². The van der Waals surface area contributed by atoms with E-state index >= 15 is 0 Å². The minimum Gasteiger partial charge on any atom is -0.135 e. The molecule has 17 heavy (non-hydrogen) atoms. The maximum absolute atomic E-state index is 2.28. The molecule has 0 aliphatic heterocycles. The lowest BCUT2D eigenvalue weighted by Crippen LogP contribution is -2.17. The van der Waals surface area contributed by atoms with Crippen molar-refractivity contribution in [1.29, 1.82) is 0 Å². The van der Waals surface area contributed by atoms with E-state index in [4.69, 9.17) is 0 Å². The number of rotatable bonds is 1. The van der Waals surface area contributed by atoms with E-state index < -0.39 is 0 Å². The Balaban J connectivity index is 2.83. The van der Waals surface area contributed by atoms with Gasteiger partial charge in [-0.15, -0.1) is 11.3 Å². The normalized spacial score (nSPS) is 13.4. The second kappa shape index (κ2) is 4.89. The predicted octanol–water partition coefficient (Wildman–Crippen LogP) is 3.76. The fraction of sp³-hybridized carbons (Fsp3) is 0.250. The number of thiophene rings is 1. The molecule has 1 aromatic carbocycles. The highest BCUT2D eigenvalue weighted by atomic mass is 32.1. The Hall–Kier alpha value is -1.34. The van der Waals surface area contributed by atoms with Crippen molar-refractivity contribution in [1.82, 2.24) is 0 Å². The van der Waals surface area contributed by atoms with Crippen molar-refractivity contribution in [2.24, 2.45) is 0 Å². The smallest absolute Gasteiger partial charge is 0.0355 e. The summed E-state index contributed by atoms with van der Waals surface area (Å²) in [4.78, 5) is 0. The largest absolute Gasteiger partial charge is 0.135 e. The zero-order valence-corrected chi connectivity index (χ0v) is 11.7. The van der Waals surface area contributed by atoms with Crippen LogP contribution in [0.25, 0.3) is 22.2 Å². The summed E-state index contributed by atoms with van der Waals surface area (Å²) in [7, 11) is 0. The van der Waals surface area contributed by atoms with E-state index in [1.807, 2.05) is 11.3 Å². The lowest BCUT2D eigenvalue weighted by Gasteiger charge is -1.91. The van der Waals surface area contributed by atoms with Gasteiger partial charge in [-0.05, 0) is 51.1 Å². The van der Waals surface area contributed by atoms with Crippen LogP contribution < -0.4 is 9.75 Å². The minimum absolute atomic E-state index is 1.33. The standard InChI is InChI=1S/C16H18S/c1-5-13-14-10-12(4)7-9-16(14)17-15(13)8-6-11(2)3/h5-10H,1-4H3/b13-5-,15-8+. The third kappa shape index (κ3) is 2.50. The van der Waals surface area contributed by atoms with Crippen molar-refractivity contribution in [3.8, 4) is 0 Å². The summed E-state index contributed by atoms with van der Waals surface area (Å²) in [5, 5.41) is 2.75. The molecule has 0 unspecified atom stereocenters. The number of aryl methyl sites for hydroxylation is 1. The third-order valence-electron chi connectivity index (χ3n) is 2.77. The monoisotopic (exact) mass is 242 g/mol. The van der Waals surface area contributed by atoms with Crippen LogP contribution in [0.4, 0.5) is 0 Å². The molecule has 0 fully saturated rings. The van der Waals surface area contributed by atoms with Gasteiger partial charge in [-0.25, -0.2) is 0 Å². The zero-order valence-electron chi connectivity index (χ0n) is 10.9. The molecule has 1 heteroatoms. The van der Waals surface area contributed by atoms with Crippen LogP contribution >= 0.6 is 11.3 Å². The summed E-state index contributed by atoms with van der Waals surface area (Å²) in [6, 6.07) is 6.69. The van der Waals surface area contributed by atoms with Crippen molar-refractivity contribution in [2.45, 2.75) is 27.7 Å². The molecule has 0 aliphatic rings. The molecule has 1 heterocycles. The molecule has 0 amide bonds. The van der Waals surface area contributed by atoms with Crippen LogP contribution in [-0.2, 0) is 0 Å². The van der Waals surface area contributed by atoms with Gasteiger partial charge in [0.1, 0.15) is 0 Å². The van der Waals surface area contributed by atoms with Crippen LogP contribution in [0.3, 0.4) is 0 Å². The van der Waals surface area contributed by atoms with Crippen molar-refractivity contribution < 1.29 is 0 Å². The van der Waals surface area contributed by atoms with Crippen molar-refractivity contribution in [3.63, 3.8) is 0 Å². The topological polar surface area (TPSA) is 0 Å². The SMILES string of the molecule is C/C=c1\c(=C/C=C(C)C)sc2ccc(C)cc12. The molecule has 0 spiro atoms. The number of hydrogen-bond donors (Lipinski definition) is 0. The first kappa shape index (κ1) is 12.1. The summed E-state index contributed by atoms with van der Waals surface area (Å²) in [6.45, 7) is 8.52. The third-order valence-corrected chi connectivity index (χ3v) is 3.92. The van der Waals surface area contributed by atoms with E-state index in [2.05, 4.69) is 64.1 Å². The van der Waals surface area contributed by atoms with Crippen LogP contribution in [0.5, 0.6) is 0 Å². The Morgan fingerprint density at radius 1 is 1.24 bits per heavy atom. The van der Waals surface area contributed by atoms with Crippen molar-refractivity contribution in [2.75, 3.05) is 0 Å².